The molecule has 1 heterocycles. The molecule has 0 aliphatic heterocycles. The Morgan fingerprint density at radius 2 is 1.83 bits per heavy atom. The number of rotatable bonds is 4. The topological polar surface area (TPSA) is 101 Å². The second-order valence-corrected chi connectivity index (χ2v) is 10.8. The van der Waals surface area contributed by atoms with E-state index in [0.717, 1.165) is 63.5 Å². The third-order valence-electron chi connectivity index (χ3n) is 8.58. The predicted molar refractivity (Wildman–Crippen MR) is 108 cm³/mol. The summed E-state index contributed by atoms with van der Waals surface area (Å²) in [5.74, 6) is 2.49. The molecule has 6 fully saturated rings. The number of carbonyl (C=O) groups excluding carboxylic acids is 1. The van der Waals surface area contributed by atoms with Gasteiger partial charge in [-0.05, 0) is 75.5 Å². The number of nitrogens with one attached hydrogen (secondary N) is 1. The van der Waals surface area contributed by atoms with E-state index in [-0.39, 0.29) is 17.5 Å². The molecule has 2 unspecified atom stereocenters. The number of hydrogen-bond donors (Lipinski definition) is 3. The van der Waals surface area contributed by atoms with Crippen LogP contribution in [0, 0.1) is 17.8 Å². The Hall–Kier alpha value is -1.53. The van der Waals surface area contributed by atoms with Crippen LogP contribution in [0.25, 0.3) is 0 Å². The van der Waals surface area contributed by atoms with E-state index in [4.69, 9.17) is 10.7 Å². The van der Waals surface area contributed by atoms with Crippen LogP contribution >= 0.6 is 0 Å². The SMILES string of the molecule is NC1(c2ncc(C(=O)N[C@H]3C4CC5CC3C[C@@](O)(C5)C4)c(C3CCCC3)n2)CC1. The van der Waals surface area contributed by atoms with Gasteiger partial charge in [-0.3, -0.25) is 4.79 Å². The number of aromatic nitrogens is 2. The Balaban J connectivity index is 1.27. The Morgan fingerprint density at radius 3 is 2.45 bits per heavy atom. The molecule has 0 spiro atoms. The van der Waals surface area contributed by atoms with E-state index in [9.17, 15) is 9.90 Å². The zero-order valence-electron chi connectivity index (χ0n) is 17.1. The molecule has 0 aromatic carbocycles. The average Bonchev–Trinajstić information content (AvgIpc) is 3.21. The van der Waals surface area contributed by atoms with E-state index in [1.165, 1.54) is 12.8 Å². The maximum atomic E-state index is 13.4. The van der Waals surface area contributed by atoms with Crippen molar-refractivity contribution in [2.75, 3.05) is 0 Å². The van der Waals surface area contributed by atoms with Crippen molar-refractivity contribution in [1.29, 1.82) is 0 Å². The van der Waals surface area contributed by atoms with Crippen LogP contribution in [0.2, 0.25) is 0 Å². The summed E-state index contributed by atoms with van der Waals surface area (Å²) in [4.78, 5) is 22.8. The summed E-state index contributed by atoms with van der Waals surface area (Å²) in [7, 11) is 0. The molecule has 2 atom stereocenters. The molecule has 0 saturated heterocycles. The standard InChI is InChI=1S/C23H32N4O2/c24-23(5-6-23)21-25-12-17(19(27-21)14-3-1-2-4-14)20(28)26-18-15-7-13-8-16(18)11-22(29,9-13)10-15/h12-16,18,29H,1-11,24H2,(H,26,28)/t13?,15?,16?,18-,22+. The quantitative estimate of drug-likeness (QED) is 0.726. The van der Waals surface area contributed by atoms with Gasteiger partial charge in [0.15, 0.2) is 0 Å². The van der Waals surface area contributed by atoms with Crippen LogP contribution in [0.5, 0.6) is 0 Å². The molecular weight excluding hydrogens is 364 g/mol. The average molecular weight is 397 g/mol. The van der Waals surface area contributed by atoms with E-state index >= 15 is 0 Å². The first kappa shape index (κ1) is 18.3. The van der Waals surface area contributed by atoms with Gasteiger partial charge in [0.25, 0.3) is 5.91 Å². The lowest BCUT2D eigenvalue weighted by Gasteiger charge is -2.58. The van der Waals surface area contributed by atoms with Gasteiger partial charge in [0.2, 0.25) is 0 Å². The second-order valence-electron chi connectivity index (χ2n) is 10.8. The van der Waals surface area contributed by atoms with Crippen molar-refractivity contribution in [3.05, 3.63) is 23.3 Å². The molecule has 1 amide bonds. The first-order valence-electron chi connectivity index (χ1n) is 11.6. The van der Waals surface area contributed by atoms with Crippen molar-refractivity contribution in [1.82, 2.24) is 15.3 Å². The summed E-state index contributed by atoms with van der Waals surface area (Å²) in [5.41, 5.74) is 7.07. The summed E-state index contributed by atoms with van der Waals surface area (Å²) in [5, 5.41) is 14.2. The lowest BCUT2D eigenvalue weighted by Crippen LogP contribution is -2.61. The van der Waals surface area contributed by atoms with Crippen LogP contribution in [0.1, 0.15) is 98.4 Å². The van der Waals surface area contributed by atoms with Gasteiger partial charge in [-0.25, -0.2) is 9.97 Å². The minimum Gasteiger partial charge on any atom is -0.390 e. The number of amides is 1. The number of nitrogens with two attached hydrogens (primary N) is 1. The number of nitrogens with zero attached hydrogens (tertiary/aromatic N) is 2. The molecule has 6 aliphatic rings. The molecular formula is C23H32N4O2. The summed E-state index contributed by atoms with van der Waals surface area (Å²) in [6.07, 6.45) is 13.1. The van der Waals surface area contributed by atoms with Gasteiger partial charge in [0.1, 0.15) is 5.82 Å². The van der Waals surface area contributed by atoms with Crippen LogP contribution in [0.4, 0.5) is 0 Å². The summed E-state index contributed by atoms with van der Waals surface area (Å²) < 4.78 is 0. The lowest BCUT2D eigenvalue weighted by atomic mass is 9.52. The van der Waals surface area contributed by atoms with Crippen molar-refractivity contribution >= 4 is 5.91 Å². The largest absolute Gasteiger partial charge is 0.390 e. The fraction of sp³-hybridized carbons (Fsp3) is 0.783. The summed E-state index contributed by atoms with van der Waals surface area (Å²) >= 11 is 0. The Labute approximate surface area is 172 Å². The fourth-order valence-corrected chi connectivity index (χ4v) is 7.12. The number of hydrogen-bond acceptors (Lipinski definition) is 5. The normalized spacial score (nSPS) is 39.7. The second kappa shape index (κ2) is 6.24. The van der Waals surface area contributed by atoms with Gasteiger partial charge in [0, 0.05) is 18.2 Å². The predicted octanol–water partition coefficient (Wildman–Crippen LogP) is 2.75. The monoisotopic (exact) mass is 396 g/mol. The molecule has 6 nitrogen and oxygen atoms in total. The zero-order valence-corrected chi connectivity index (χ0v) is 17.1. The molecule has 6 aliphatic carbocycles. The highest BCUT2D eigenvalue weighted by atomic mass is 16.3. The third kappa shape index (κ3) is 3.02. The zero-order chi connectivity index (χ0) is 19.8. The maximum Gasteiger partial charge on any atom is 0.254 e. The molecule has 7 rings (SSSR count). The molecule has 4 N–H and O–H groups in total. The van der Waals surface area contributed by atoms with E-state index in [1.807, 2.05) is 0 Å². The molecule has 6 heteroatoms. The maximum absolute atomic E-state index is 13.4. The molecule has 1 aromatic heterocycles. The Kier molecular flexibility index (Phi) is 3.93. The smallest absolute Gasteiger partial charge is 0.254 e. The van der Waals surface area contributed by atoms with E-state index in [1.54, 1.807) is 6.20 Å². The van der Waals surface area contributed by atoms with Crippen molar-refractivity contribution in [2.45, 2.75) is 93.7 Å². The van der Waals surface area contributed by atoms with Crippen LogP contribution in [0.15, 0.2) is 6.20 Å². The fourth-order valence-electron chi connectivity index (χ4n) is 7.12. The van der Waals surface area contributed by atoms with Gasteiger partial charge in [-0.1, -0.05) is 12.8 Å². The van der Waals surface area contributed by atoms with Gasteiger partial charge in [0.05, 0.1) is 22.4 Å². The summed E-state index contributed by atoms with van der Waals surface area (Å²) in [6, 6.07) is 0.180. The highest BCUT2D eigenvalue weighted by Gasteiger charge is 2.55. The van der Waals surface area contributed by atoms with Crippen molar-refractivity contribution < 1.29 is 9.90 Å². The van der Waals surface area contributed by atoms with Gasteiger partial charge in [-0.15, -0.1) is 0 Å². The van der Waals surface area contributed by atoms with Crippen LogP contribution in [0.3, 0.4) is 0 Å². The van der Waals surface area contributed by atoms with Gasteiger partial charge in [-0.2, -0.15) is 0 Å². The molecule has 0 radical (unpaired) electrons. The van der Waals surface area contributed by atoms with E-state index in [2.05, 4.69) is 10.3 Å². The molecule has 6 saturated carbocycles. The highest BCUT2D eigenvalue weighted by molar-refractivity contribution is 5.95. The van der Waals surface area contributed by atoms with Gasteiger partial charge < -0.3 is 16.2 Å². The first-order chi connectivity index (χ1) is 13.9. The minimum absolute atomic E-state index is 0.0234. The first-order valence-corrected chi connectivity index (χ1v) is 11.6. The van der Waals surface area contributed by atoms with E-state index < -0.39 is 5.60 Å². The van der Waals surface area contributed by atoms with Crippen LogP contribution in [-0.4, -0.2) is 32.6 Å². The Morgan fingerprint density at radius 1 is 1.14 bits per heavy atom. The lowest BCUT2D eigenvalue weighted by molar-refractivity contribution is -0.136. The highest BCUT2D eigenvalue weighted by Crippen LogP contribution is 2.55. The number of aliphatic hydroxyl groups is 1. The minimum atomic E-state index is -0.475. The molecule has 29 heavy (non-hydrogen) atoms. The van der Waals surface area contributed by atoms with Crippen LogP contribution in [-0.2, 0) is 5.54 Å². The number of carbonyl (C=O) groups is 1. The van der Waals surface area contributed by atoms with Crippen molar-refractivity contribution in [3.8, 4) is 0 Å². The van der Waals surface area contributed by atoms with Crippen molar-refractivity contribution in [3.63, 3.8) is 0 Å². The summed E-state index contributed by atoms with van der Waals surface area (Å²) in [6.45, 7) is 0. The third-order valence-corrected chi connectivity index (χ3v) is 8.58. The van der Waals surface area contributed by atoms with E-state index in [0.29, 0.717) is 35.1 Å². The van der Waals surface area contributed by atoms with Crippen LogP contribution < -0.4 is 11.1 Å². The van der Waals surface area contributed by atoms with Crippen molar-refractivity contribution in [2.24, 2.45) is 23.5 Å². The molecule has 4 bridgehead atoms. The Bertz CT molecular complexity index is 829. The van der Waals surface area contributed by atoms with Gasteiger partial charge >= 0.3 is 0 Å². The molecule has 1 aromatic rings. The molecule has 156 valence electrons.